The normalized spacial score (nSPS) is 19.6. The number of carboxylic acids is 1. The number of aromatic carboxylic acids is 1. The maximum atomic E-state index is 11.7. The lowest BCUT2D eigenvalue weighted by atomic mass is 10.1. The summed E-state index contributed by atoms with van der Waals surface area (Å²) in [6.45, 7) is 4.94. The van der Waals surface area contributed by atoms with Gasteiger partial charge in [-0.3, -0.25) is 0 Å². The first-order chi connectivity index (χ1) is 10.4. The smallest absolute Gasteiger partial charge is 0.335 e. The summed E-state index contributed by atoms with van der Waals surface area (Å²) in [5.74, 6) is -0.961. The lowest BCUT2D eigenvalue weighted by Gasteiger charge is -2.19. The molecule has 0 aliphatic carbocycles. The number of benzene rings is 1. The lowest BCUT2D eigenvalue weighted by Crippen LogP contribution is -2.39. The first-order valence-electron chi connectivity index (χ1n) is 7.37. The Balaban J connectivity index is 1.70. The molecule has 6 nitrogen and oxygen atoms in total. The molecule has 1 saturated heterocycles. The van der Waals surface area contributed by atoms with Crippen LogP contribution in [0.1, 0.15) is 42.6 Å². The van der Waals surface area contributed by atoms with E-state index in [-0.39, 0.29) is 23.3 Å². The zero-order valence-electron chi connectivity index (χ0n) is 12.9. The van der Waals surface area contributed by atoms with E-state index in [0.29, 0.717) is 13.1 Å². The number of carbonyl (C=O) groups is 2. The lowest BCUT2D eigenvalue weighted by molar-refractivity contribution is -0.0131. The first kappa shape index (κ1) is 16.3. The minimum Gasteiger partial charge on any atom is -0.478 e. The van der Waals surface area contributed by atoms with Crippen molar-refractivity contribution in [2.45, 2.75) is 44.9 Å². The average Bonchev–Trinajstić information content (AvgIpc) is 2.82. The van der Waals surface area contributed by atoms with Crippen molar-refractivity contribution in [3.05, 3.63) is 35.4 Å². The molecule has 1 atom stereocenters. The highest BCUT2D eigenvalue weighted by molar-refractivity contribution is 5.87. The summed E-state index contributed by atoms with van der Waals surface area (Å²) in [5.41, 5.74) is 0.974. The first-order valence-corrected chi connectivity index (χ1v) is 7.37. The van der Waals surface area contributed by atoms with Crippen molar-refractivity contribution in [3.63, 3.8) is 0 Å². The molecule has 0 aromatic heterocycles. The van der Waals surface area contributed by atoms with Gasteiger partial charge >= 0.3 is 12.0 Å². The van der Waals surface area contributed by atoms with Crippen molar-refractivity contribution in [1.82, 2.24) is 10.6 Å². The van der Waals surface area contributed by atoms with Crippen LogP contribution >= 0.6 is 0 Å². The Morgan fingerprint density at radius 1 is 1.27 bits per heavy atom. The third-order valence-electron chi connectivity index (χ3n) is 3.70. The van der Waals surface area contributed by atoms with E-state index in [1.54, 1.807) is 12.1 Å². The maximum Gasteiger partial charge on any atom is 0.335 e. The van der Waals surface area contributed by atoms with Gasteiger partial charge < -0.3 is 20.5 Å². The zero-order chi connectivity index (χ0) is 16.2. The number of urea groups is 1. The number of nitrogens with one attached hydrogen (secondary N) is 2. The molecule has 3 N–H and O–H groups in total. The standard InChI is InChI=1S/C16H22N2O4/c1-16(2)8-7-13(22-16)10-18-15(21)17-9-11-3-5-12(6-4-11)14(19)20/h3-6,13H,7-10H2,1-2H3,(H,19,20)(H2,17,18,21). The van der Waals surface area contributed by atoms with E-state index in [2.05, 4.69) is 10.6 Å². The molecule has 1 aromatic carbocycles. The van der Waals surface area contributed by atoms with Gasteiger partial charge in [0.25, 0.3) is 0 Å². The molecule has 120 valence electrons. The average molecular weight is 306 g/mol. The van der Waals surface area contributed by atoms with E-state index in [4.69, 9.17) is 9.84 Å². The number of amides is 2. The van der Waals surface area contributed by atoms with Crippen LogP contribution in [0.15, 0.2) is 24.3 Å². The van der Waals surface area contributed by atoms with E-state index in [9.17, 15) is 9.59 Å². The van der Waals surface area contributed by atoms with E-state index >= 15 is 0 Å². The Morgan fingerprint density at radius 3 is 2.50 bits per heavy atom. The van der Waals surface area contributed by atoms with Gasteiger partial charge in [0.1, 0.15) is 0 Å². The second-order valence-electron chi connectivity index (χ2n) is 6.10. The highest BCUT2D eigenvalue weighted by Crippen LogP contribution is 2.28. The van der Waals surface area contributed by atoms with Crippen LogP contribution in [-0.4, -0.2) is 35.4 Å². The molecule has 0 spiro atoms. The van der Waals surface area contributed by atoms with Gasteiger partial charge in [-0.1, -0.05) is 12.1 Å². The van der Waals surface area contributed by atoms with Crippen molar-refractivity contribution in [3.8, 4) is 0 Å². The molecular formula is C16H22N2O4. The van der Waals surface area contributed by atoms with Crippen molar-refractivity contribution >= 4 is 12.0 Å². The Labute approximate surface area is 129 Å². The monoisotopic (exact) mass is 306 g/mol. The summed E-state index contributed by atoms with van der Waals surface area (Å²) in [6.07, 6.45) is 2.01. The molecule has 2 rings (SSSR count). The topological polar surface area (TPSA) is 87.7 Å². The number of hydrogen-bond acceptors (Lipinski definition) is 3. The van der Waals surface area contributed by atoms with Crippen LogP contribution in [0.3, 0.4) is 0 Å². The van der Waals surface area contributed by atoms with Gasteiger partial charge in [0.2, 0.25) is 0 Å². The number of rotatable bonds is 5. The van der Waals surface area contributed by atoms with Crippen LogP contribution in [0.5, 0.6) is 0 Å². The molecule has 1 fully saturated rings. The van der Waals surface area contributed by atoms with Gasteiger partial charge in [0, 0.05) is 13.1 Å². The third kappa shape index (κ3) is 4.73. The zero-order valence-corrected chi connectivity index (χ0v) is 12.9. The maximum absolute atomic E-state index is 11.7. The van der Waals surface area contributed by atoms with E-state index < -0.39 is 5.97 Å². The summed E-state index contributed by atoms with van der Waals surface area (Å²) >= 11 is 0. The largest absolute Gasteiger partial charge is 0.478 e. The summed E-state index contributed by atoms with van der Waals surface area (Å²) in [5, 5.41) is 14.3. The second-order valence-corrected chi connectivity index (χ2v) is 6.10. The molecule has 1 aliphatic rings. The van der Waals surface area contributed by atoms with Crippen LogP contribution < -0.4 is 10.6 Å². The number of ether oxygens (including phenoxy) is 1. The Kier molecular flexibility index (Phi) is 5.03. The number of carbonyl (C=O) groups excluding carboxylic acids is 1. The van der Waals surface area contributed by atoms with Gasteiger partial charge in [-0.2, -0.15) is 0 Å². The van der Waals surface area contributed by atoms with E-state index in [1.807, 2.05) is 13.8 Å². The minimum absolute atomic E-state index is 0.0654. The van der Waals surface area contributed by atoms with Gasteiger partial charge in [-0.15, -0.1) is 0 Å². The molecule has 1 unspecified atom stereocenters. The number of hydrogen-bond donors (Lipinski definition) is 3. The Hall–Kier alpha value is -2.08. The molecule has 6 heteroatoms. The van der Waals surface area contributed by atoms with E-state index in [0.717, 1.165) is 18.4 Å². The second kappa shape index (κ2) is 6.79. The highest BCUT2D eigenvalue weighted by atomic mass is 16.5. The minimum atomic E-state index is -0.961. The van der Waals surface area contributed by atoms with Crippen molar-refractivity contribution in [2.75, 3.05) is 6.54 Å². The molecule has 1 heterocycles. The molecule has 1 aromatic rings. The van der Waals surface area contributed by atoms with Crippen LogP contribution in [0, 0.1) is 0 Å². The predicted molar refractivity (Wildman–Crippen MR) is 81.8 cm³/mol. The summed E-state index contributed by atoms with van der Waals surface area (Å²) < 4.78 is 5.80. The summed E-state index contributed by atoms with van der Waals surface area (Å²) in [7, 11) is 0. The van der Waals surface area contributed by atoms with Crippen molar-refractivity contribution < 1.29 is 19.4 Å². The molecule has 1 aliphatic heterocycles. The Bertz CT molecular complexity index is 540. The van der Waals surface area contributed by atoms with Crippen LogP contribution in [-0.2, 0) is 11.3 Å². The van der Waals surface area contributed by atoms with Crippen LogP contribution in [0.2, 0.25) is 0 Å². The van der Waals surface area contributed by atoms with Gasteiger partial charge in [0.15, 0.2) is 0 Å². The summed E-state index contributed by atoms with van der Waals surface area (Å²) in [6, 6.07) is 6.16. The SMILES string of the molecule is CC1(C)CCC(CNC(=O)NCc2ccc(C(=O)O)cc2)O1. The van der Waals surface area contributed by atoms with Crippen molar-refractivity contribution in [2.24, 2.45) is 0 Å². The fraction of sp³-hybridized carbons (Fsp3) is 0.500. The van der Waals surface area contributed by atoms with E-state index in [1.165, 1.54) is 12.1 Å². The molecular weight excluding hydrogens is 284 g/mol. The molecule has 2 amide bonds. The summed E-state index contributed by atoms with van der Waals surface area (Å²) in [4.78, 5) is 22.5. The predicted octanol–water partition coefficient (Wildman–Crippen LogP) is 2.14. The third-order valence-corrected chi connectivity index (χ3v) is 3.70. The fourth-order valence-corrected chi connectivity index (χ4v) is 2.44. The molecule has 0 saturated carbocycles. The van der Waals surface area contributed by atoms with Crippen molar-refractivity contribution in [1.29, 1.82) is 0 Å². The molecule has 22 heavy (non-hydrogen) atoms. The number of carboxylic acid groups (broad SMARTS) is 1. The van der Waals surface area contributed by atoms with Crippen LogP contribution in [0.25, 0.3) is 0 Å². The highest BCUT2D eigenvalue weighted by Gasteiger charge is 2.31. The molecule has 0 radical (unpaired) electrons. The van der Waals surface area contributed by atoms with Gasteiger partial charge in [0.05, 0.1) is 17.3 Å². The molecule has 0 bridgehead atoms. The van der Waals surface area contributed by atoms with Gasteiger partial charge in [-0.05, 0) is 44.4 Å². The van der Waals surface area contributed by atoms with Crippen LogP contribution in [0.4, 0.5) is 4.79 Å². The fourth-order valence-electron chi connectivity index (χ4n) is 2.44. The Morgan fingerprint density at radius 2 is 1.95 bits per heavy atom. The quantitative estimate of drug-likeness (QED) is 0.777. The van der Waals surface area contributed by atoms with Gasteiger partial charge in [-0.25, -0.2) is 9.59 Å².